The first-order valence-electron chi connectivity index (χ1n) is 13.0. The van der Waals surface area contributed by atoms with E-state index in [1.165, 1.54) is 9.13 Å². The molecule has 0 saturated carbocycles. The second-order valence-corrected chi connectivity index (χ2v) is 9.94. The van der Waals surface area contributed by atoms with Crippen LogP contribution in [0.25, 0.3) is 22.6 Å². The lowest BCUT2D eigenvalue weighted by atomic mass is 10.2. The monoisotopic (exact) mass is 591 g/mol. The summed E-state index contributed by atoms with van der Waals surface area (Å²) in [6.07, 6.45) is 3.95. The average Bonchev–Trinajstić information content (AvgIpc) is 3.40. The zero-order chi connectivity index (χ0) is 30.5. The SMILES string of the molecule is CCCn1c(=O)c2[nH]c(-c3ccc(OCC(=O)O)cc3)nc2n(CCC)c1=O.CSCC[C@H](N)C(=O)NCC(N)=O. The standard InChI is InChI=1S/C19H22N4O5.C7H15N3O2S/c1-3-9-22-17-15(18(26)23(10-4-2)19(22)27)20-16(21-17)12-5-7-13(8-6-12)28-11-14(24)25;1-13-3-2-5(8)7(12)10-4-6(9)11/h5-8H,3-4,9-11H2,1-2H3,(H,20,21)(H,24,25);5H,2-4,8H2,1H3,(H2,9,11)(H,10,12)/t;5-/m.0/s1. The molecule has 2 aromatic heterocycles. The summed E-state index contributed by atoms with van der Waals surface area (Å²) in [5.74, 6) is -0.256. The number of amides is 2. The van der Waals surface area contributed by atoms with Crippen molar-refractivity contribution in [3.05, 3.63) is 45.1 Å². The number of aryl methyl sites for hydroxylation is 1. The minimum Gasteiger partial charge on any atom is -0.482 e. The first-order valence-corrected chi connectivity index (χ1v) is 14.4. The fourth-order valence-corrected chi connectivity index (χ4v) is 4.17. The summed E-state index contributed by atoms with van der Waals surface area (Å²) >= 11 is 1.62. The number of H-pyrrole nitrogens is 1. The Balaban J connectivity index is 0.000000383. The van der Waals surface area contributed by atoms with Crippen molar-refractivity contribution in [1.29, 1.82) is 0 Å². The van der Waals surface area contributed by atoms with Crippen molar-refractivity contribution in [2.75, 3.05) is 25.2 Å². The molecule has 0 saturated heterocycles. The van der Waals surface area contributed by atoms with E-state index in [9.17, 15) is 24.0 Å². The Morgan fingerprint density at radius 2 is 1.76 bits per heavy atom. The van der Waals surface area contributed by atoms with Gasteiger partial charge in [0.15, 0.2) is 12.3 Å². The molecule has 0 radical (unpaired) electrons. The van der Waals surface area contributed by atoms with Gasteiger partial charge in [-0.15, -0.1) is 0 Å². The molecule has 0 spiro atoms. The number of carbonyl (C=O) groups is 3. The Labute approximate surface area is 240 Å². The first-order chi connectivity index (χ1) is 19.5. The number of nitrogens with one attached hydrogen (secondary N) is 2. The second-order valence-electron chi connectivity index (χ2n) is 8.95. The van der Waals surface area contributed by atoms with E-state index in [0.717, 1.165) is 12.2 Å². The van der Waals surface area contributed by atoms with E-state index in [2.05, 4.69) is 15.3 Å². The van der Waals surface area contributed by atoms with E-state index < -0.39 is 24.5 Å². The van der Waals surface area contributed by atoms with E-state index >= 15 is 0 Å². The van der Waals surface area contributed by atoms with Gasteiger partial charge in [0.25, 0.3) is 5.56 Å². The molecule has 0 unspecified atom stereocenters. The number of rotatable bonds is 14. The molecule has 0 aliphatic heterocycles. The van der Waals surface area contributed by atoms with Crippen molar-refractivity contribution < 1.29 is 24.2 Å². The number of hydrogen-bond donors (Lipinski definition) is 5. The Hall–Kier alpha value is -4.11. The van der Waals surface area contributed by atoms with Gasteiger partial charge in [-0.3, -0.25) is 23.5 Å². The van der Waals surface area contributed by atoms with Crippen molar-refractivity contribution in [1.82, 2.24) is 24.4 Å². The van der Waals surface area contributed by atoms with Crippen LogP contribution < -0.4 is 32.8 Å². The van der Waals surface area contributed by atoms with Gasteiger partial charge in [0.05, 0.1) is 12.6 Å². The highest BCUT2D eigenvalue weighted by Gasteiger charge is 2.17. The number of carboxylic acids is 1. The summed E-state index contributed by atoms with van der Waals surface area (Å²) < 4.78 is 7.88. The van der Waals surface area contributed by atoms with Crippen LogP contribution >= 0.6 is 11.8 Å². The Bertz CT molecular complexity index is 1450. The third-order valence-corrected chi connectivity index (χ3v) is 6.30. The summed E-state index contributed by atoms with van der Waals surface area (Å²) in [7, 11) is 0. The predicted octanol–water partition coefficient (Wildman–Crippen LogP) is 0.505. The van der Waals surface area contributed by atoms with Crippen LogP contribution in [0.15, 0.2) is 33.9 Å². The van der Waals surface area contributed by atoms with Gasteiger partial charge in [-0.25, -0.2) is 14.6 Å². The zero-order valence-corrected chi connectivity index (χ0v) is 24.2. The smallest absolute Gasteiger partial charge is 0.341 e. The van der Waals surface area contributed by atoms with Crippen molar-refractivity contribution in [3.63, 3.8) is 0 Å². The van der Waals surface area contributed by atoms with Gasteiger partial charge < -0.3 is 31.6 Å². The molecule has 41 heavy (non-hydrogen) atoms. The maximum absolute atomic E-state index is 12.7. The molecule has 15 heteroatoms. The van der Waals surface area contributed by atoms with Crippen molar-refractivity contribution in [3.8, 4) is 17.1 Å². The van der Waals surface area contributed by atoms with E-state index in [-0.39, 0.29) is 23.7 Å². The van der Waals surface area contributed by atoms with E-state index in [1.54, 1.807) is 36.0 Å². The van der Waals surface area contributed by atoms with Crippen molar-refractivity contribution in [2.45, 2.75) is 52.2 Å². The second kappa shape index (κ2) is 16.2. The summed E-state index contributed by atoms with van der Waals surface area (Å²) in [6.45, 7) is 4.10. The number of aliphatic carboxylic acids is 1. The number of hydrogen-bond acceptors (Lipinski definition) is 9. The molecule has 224 valence electrons. The molecule has 7 N–H and O–H groups in total. The molecule has 1 aromatic carbocycles. The summed E-state index contributed by atoms with van der Waals surface area (Å²) in [5.41, 5.74) is 10.9. The normalized spacial score (nSPS) is 11.4. The Kier molecular flexibility index (Phi) is 13.1. The molecular weight excluding hydrogens is 554 g/mol. The van der Waals surface area contributed by atoms with E-state index in [1.807, 2.05) is 20.1 Å². The quantitative estimate of drug-likeness (QED) is 0.175. The highest BCUT2D eigenvalue weighted by Crippen LogP contribution is 2.21. The lowest BCUT2D eigenvalue weighted by Gasteiger charge is -2.09. The van der Waals surface area contributed by atoms with Gasteiger partial charge in [-0.05, 0) is 55.5 Å². The number of primary amides is 1. The number of ether oxygens (including phenoxy) is 1. The van der Waals surface area contributed by atoms with Crippen LogP contribution in [0.2, 0.25) is 0 Å². The van der Waals surface area contributed by atoms with Crippen LogP contribution in [-0.2, 0) is 27.5 Å². The van der Waals surface area contributed by atoms with Gasteiger partial charge in [0.1, 0.15) is 17.1 Å². The van der Waals surface area contributed by atoms with E-state index in [4.69, 9.17) is 21.3 Å². The maximum atomic E-state index is 12.7. The molecule has 1 atom stereocenters. The molecule has 0 bridgehead atoms. The van der Waals surface area contributed by atoms with Crippen molar-refractivity contribution >= 4 is 40.7 Å². The number of thioether (sulfide) groups is 1. The van der Waals surface area contributed by atoms with Gasteiger partial charge in [0, 0.05) is 18.7 Å². The number of carboxylic acid groups (broad SMARTS) is 1. The van der Waals surface area contributed by atoms with Crippen LogP contribution in [0.1, 0.15) is 33.1 Å². The topological polar surface area (TPSA) is 217 Å². The zero-order valence-electron chi connectivity index (χ0n) is 23.3. The summed E-state index contributed by atoms with van der Waals surface area (Å²) in [6, 6.07) is 6.12. The van der Waals surface area contributed by atoms with Gasteiger partial charge in [0.2, 0.25) is 11.8 Å². The molecule has 14 nitrogen and oxygen atoms in total. The number of nitrogens with two attached hydrogens (primary N) is 2. The largest absolute Gasteiger partial charge is 0.482 e. The maximum Gasteiger partial charge on any atom is 0.341 e. The number of fused-ring (bicyclic) bond motifs is 1. The van der Waals surface area contributed by atoms with Gasteiger partial charge >= 0.3 is 11.7 Å². The third-order valence-electron chi connectivity index (χ3n) is 5.65. The lowest BCUT2D eigenvalue weighted by Crippen LogP contribution is -2.44. The first kappa shape index (κ1) is 33.1. The average molecular weight is 592 g/mol. The molecular formula is C26H37N7O7S. The summed E-state index contributed by atoms with van der Waals surface area (Å²) in [5, 5.41) is 11.0. The lowest BCUT2D eigenvalue weighted by molar-refractivity contribution is -0.139. The fraction of sp³-hybridized carbons (Fsp3) is 0.462. The Morgan fingerprint density at radius 1 is 1.12 bits per heavy atom. The fourth-order valence-electron chi connectivity index (χ4n) is 3.68. The number of aromatic amines is 1. The molecule has 3 rings (SSSR count). The molecule has 0 aliphatic carbocycles. The molecule has 2 heterocycles. The van der Waals surface area contributed by atoms with Crippen molar-refractivity contribution in [2.24, 2.45) is 11.5 Å². The highest BCUT2D eigenvalue weighted by atomic mass is 32.2. The number of imidazole rings is 1. The predicted molar refractivity (Wildman–Crippen MR) is 157 cm³/mol. The molecule has 3 aromatic rings. The Morgan fingerprint density at radius 3 is 2.32 bits per heavy atom. The van der Waals surface area contributed by atoms with Crippen LogP contribution in [-0.4, -0.2) is 73.2 Å². The minimum atomic E-state index is -1.06. The van der Waals surface area contributed by atoms with Crippen LogP contribution in [0, 0.1) is 0 Å². The molecule has 0 fully saturated rings. The van der Waals surface area contributed by atoms with E-state index in [0.29, 0.717) is 54.2 Å². The minimum absolute atomic E-state index is 0.147. The van der Waals surface area contributed by atoms with Crippen LogP contribution in [0.3, 0.4) is 0 Å². The van der Waals surface area contributed by atoms with Crippen LogP contribution in [0.5, 0.6) is 5.75 Å². The number of carbonyl (C=O) groups excluding carboxylic acids is 2. The molecule has 0 aliphatic rings. The number of benzene rings is 1. The van der Waals surface area contributed by atoms with Gasteiger partial charge in [-0.2, -0.15) is 11.8 Å². The number of aromatic nitrogens is 4. The molecule has 2 amide bonds. The van der Waals surface area contributed by atoms with Crippen LogP contribution in [0.4, 0.5) is 0 Å². The highest BCUT2D eigenvalue weighted by molar-refractivity contribution is 7.98. The number of nitrogens with zero attached hydrogens (tertiary/aromatic N) is 3. The van der Waals surface area contributed by atoms with Gasteiger partial charge in [-0.1, -0.05) is 13.8 Å². The summed E-state index contributed by atoms with van der Waals surface area (Å²) in [4.78, 5) is 65.0. The third kappa shape index (κ3) is 9.49.